The van der Waals surface area contributed by atoms with Gasteiger partial charge >= 0.3 is 0 Å². The fourth-order valence-corrected chi connectivity index (χ4v) is 4.64. The number of sulfonamides is 1. The van der Waals surface area contributed by atoms with Gasteiger partial charge in [0.15, 0.2) is 5.11 Å². The zero-order valence-corrected chi connectivity index (χ0v) is 16.0. The van der Waals surface area contributed by atoms with Gasteiger partial charge in [0.25, 0.3) is 0 Å². The number of rotatable bonds is 3. The topological polar surface area (TPSA) is 52.6 Å². The molecule has 0 saturated carbocycles. The summed E-state index contributed by atoms with van der Waals surface area (Å²) < 4.78 is 40.4. The highest BCUT2D eigenvalue weighted by molar-refractivity contribution is 7.89. The average Bonchev–Trinajstić information content (AvgIpc) is 2.62. The lowest BCUT2D eigenvalue weighted by molar-refractivity contribution is 0.268. The SMILES string of the molecule is Cc1cccc(NC(=S)N2CCN(S(=O)(=O)c3ccccc3F)CC2)c1. The van der Waals surface area contributed by atoms with Gasteiger partial charge in [0.1, 0.15) is 10.7 Å². The van der Waals surface area contributed by atoms with Gasteiger partial charge in [0.2, 0.25) is 10.0 Å². The first-order valence-corrected chi connectivity index (χ1v) is 10.1. The molecule has 1 heterocycles. The van der Waals surface area contributed by atoms with Crippen molar-refractivity contribution in [2.75, 3.05) is 31.5 Å². The van der Waals surface area contributed by atoms with Crippen LogP contribution in [0.5, 0.6) is 0 Å². The molecule has 1 fully saturated rings. The Morgan fingerprint density at radius 3 is 2.42 bits per heavy atom. The molecule has 3 rings (SSSR count). The Kier molecular flexibility index (Phi) is 5.55. The zero-order chi connectivity index (χ0) is 18.7. The second kappa shape index (κ2) is 7.69. The molecule has 1 aliphatic heterocycles. The molecule has 1 saturated heterocycles. The number of thiocarbonyl (C=S) groups is 1. The van der Waals surface area contributed by atoms with Crippen molar-refractivity contribution in [1.29, 1.82) is 0 Å². The molecule has 8 heteroatoms. The Hall–Kier alpha value is -2.03. The Balaban J connectivity index is 1.64. The van der Waals surface area contributed by atoms with Crippen molar-refractivity contribution in [2.45, 2.75) is 11.8 Å². The van der Waals surface area contributed by atoms with Gasteiger partial charge in [-0.15, -0.1) is 0 Å². The lowest BCUT2D eigenvalue weighted by Crippen LogP contribution is -2.51. The molecule has 1 aliphatic rings. The Morgan fingerprint density at radius 1 is 1.08 bits per heavy atom. The lowest BCUT2D eigenvalue weighted by atomic mass is 10.2. The molecule has 0 unspecified atom stereocenters. The third-order valence-electron chi connectivity index (χ3n) is 4.25. The molecule has 1 N–H and O–H groups in total. The number of nitrogens with zero attached hydrogens (tertiary/aromatic N) is 2. The molecule has 0 atom stereocenters. The summed E-state index contributed by atoms with van der Waals surface area (Å²) in [5.41, 5.74) is 2.02. The molecule has 0 aromatic heterocycles. The van der Waals surface area contributed by atoms with Gasteiger partial charge in [-0.1, -0.05) is 24.3 Å². The minimum Gasteiger partial charge on any atom is -0.346 e. The van der Waals surface area contributed by atoms with E-state index >= 15 is 0 Å². The number of halogens is 1. The summed E-state index contributed by atoms with van der Waals surface area (Å²) in [7, 11) is -3.84. The minimum atomic E-state index is -3.84. The standard InChI is InChI=1S/C18H20FN3O2S2/c1-14-5-4-6-15(13-14)20-18(25)21-9-11-22(12-10-21)26(23,24)17-8-3-2-7-16(17)19/h2-8,13H,9-12H2,1H3,(H,20,25). The fourth-order valence-electron chi connectivity index (χ4n) is 2.85. The van der Waals surface area contributed by atoms with E-state index in [1.807, 2.05) is 36.1 Å². The highest BCUT2D eigenvalue weighted by atomic mass is 32.2. The Labute approximate surface area is 158 Å². The molecule has 0 aliphatic carbocycles. The lowest BCUT2D eigenvalue weighted by Gasteiger charge is -2.35. The molecular weight excluding hydrogens is 373 g/mol. The third kappa shape index (κ3) is 4.03. The van der Waals surface area contributed by atoms with Crippen LogP contribution in [0.15, 0.2) is 53.4 Å². The predicted octanol–water partition coefficient (Wildman–Crippen LogP) is 2.84. The van der Waals surface area contributed by atoms with Crippen LogP contribution in [0.4, 0.5) is 10.1 Å². The Bertz CT molecular complexity index is 910. The number of hydrogen-bond donors (Lipinski definition) is 1. The first kappa shape index (κ1) is 18.8. The van der Waals surface area contributed by atoms with Crippen LogP contribution in [0.3, 0.4) is 0 Å². The van der Waals surface area contributed by atoms with Gasteiger partial charge in [0, 0.05) is 31.9 Å². The monoisotopic (exact) mass is 393 g/mol. The van der Waals surface area contributed by atoms with Gasteiger partial charge in [0.05, 0.1) is 0 Å². The quantitative estimate of drug-likeness (QED) is 0.813. The van der Waals surface area contributed by atoms with E-state index in [1.54, 1.807) is 0 Å². The minimum absolute atomic E-state index is 0.256. The van der Waals surface area contributed by atoms with E-state index in [-0.39, 0.29) is 18.0 Å². The van der Waals surface area contributed by atoms with E-state index in [0.717, 1.165) is 17.3 Å². The van der Waals surface area contributed by atoms with E-state index in [1.165, 1.54) is 22.5 Å². The summed E-state index contributed by atoms with van der Waals surface area (Å²) >= 11 is 5.43. The molecular formula is C18H20FN3O2S2. The van der Waals surface area contributed by atoms with E-state index in [4.69, 9.17) is 12.2 Å². The average molecular weight is 394 g/mol. The maximum atomic E-state index is 13.9. The number of piperazine rings is 1. The second-order valence-electron chi connectivity index (χ2n) is 6.12. The molecule has 138 valence electrons. The van der Waals surface area contributed by atoms with Crippen molar-refractivity contribution in [1.82, 2.24) is 9.21 Å². The maximum Gasteiger partial charge on any atom is 0.246 e. The number of benzene rings is 2. The highest BCUT2D eigenvalue weighted by Crippen LogP contribution is 2.20. The number of nitrogens with one attached hydrogen (secondary N) is 1. The summed E-state index contributed by atoms with van der Waals surface area (Å²) in [5, 5.41) is 3.73. The molecule has 2 aromatic rings. The summed E-state index contributed by atoms with van der Waals surface area (Å²) in [6.45, 7) is 3.41. The normalized spacial score (nSPS) is 15.7. The Morgan fingerprint density at radius 2 is 1.77 bits per heavy atom. The first-order chi connectivity index (χ1) is 12.4. The van der Waals surface area contributed by atoms with Gasteiger partial charge in [-0.3, -0.25) is 0 Å². The number of anilines is 1. The van der Waals surface area contributed by atoms with Gasteiger partial charge in [-0.05, 0) is 49.0 Å². The van der Waals surface area contributed by atoms with Gasteiger partial charge in [-0.2, -0.15) is 4.31 Å². The molecule has 5 nitrogen and oxygen atoms in total. The van der Waals surface area contributed by atoms with Crippen molar-refractivity contribution >= 4 is 33.0 Å². The summed E-state index contributed by atoms with van der Waals surface area (Å²) in [6.07, 6.45) is 0. The third-order valence-corrected chi connectivity index (χ3v) is 6.54. The zero-order valence-electron chi connectivity index (χ0n) is 14.4. The molecule has 0 amide bonds. The molecule has 0 bridgehead atoms. The molecule has 0 radical (unpaired) electrons. The van der Waals surface area contributed by atoms with Crippen molar-refractivity contribution in [2.24, 2.45) is 0 Å². The van der Waals surface area contributed by atoms with Crippen molar-refractivity contribution < 1.29 is 12.8 Å². The molecule has 2 aromatic carbocycles. The van der Waals surface area contributed by atoms with Crippen molar-refractivity contribution in [3.63, 3.8) is 0 Å². The van der Waals surface area contributed by atoms with Crippen molar-refractivity contribution in [3.05, 3.63) is 59.9 Å². The van der Waals surface area contributed by atoms with Crippen LogP contribution in [0.2, 0.25) is 0 Å². The van der Waals surface area contributed by atoms with Gasteiger partial charge in [-0.25, -0.2) is 12.8 Å². The van der Waals surface area contributed by atoms with Crippen LogP contribution < -0.4 is 5.32 Å². The summed E-state index contributed by atoms with van der Waals surface area (Å²) in [6, 6.07) is 13.3. The van der Waals surface area contributed by atoms with E-state index in [9.17, 15) is 12.8 Å². The molecule has 26 heavy (non-hydrogen) atoms. The maximum absolute atomic E-state index is 13.9. The second-order valence-corrected chi connectivity index (χ2v) is 8.41. The van der Waals surface area contributed by atoms with Crippen LogP contribution in [-0.4, -0.2) is 48.9 Å². The van der Waals surface area contributed by atoms with Gasteiger partial charge < -0.3 is 10.2 Å². The van der Waals surface area contributed by atoms with Crippen LogP contribution in [-0.2, 0) is 10.0 Å². The summed E-state index contributed by atoms with van der Waals surface area (Å²) in [4.78, 5) is 1.64. The smallest absolute Gasteiger partial charge is 0.246 e. The van der Waals surface area contributed by atoms with E-state index in [0.29, 0.717) is 18.2 Å². The van der Waals surface area contributed by atoms with Crippen LogP contribution in [0, 0.1) is 12.7 Å². The van der Waals surface area contributed by atoms with Crippen LogP contribution >= 0.6 is 12.2 Å². The van der Waals surface area contributed by atoms with E-state index in [2.05, 4.69) is 5.32 Å². The first-order valence-electron chi connectivity index (χ1n) is 8.25. The number of hydrogen-bond acceptors (Lipinski definition) is 3. The van der Waals surface area contributed by atoms with E-state index < -0.39 is 15.8 Å². The highest BCUT2D eigenvalue weighted by Gasteiger charge is 2.31. The fraction of sp³-hybridized carbons (Fsp3) is 0.278. The summed E-state index contributed by atoms with van der Waals surface area (Å²) in [5.74, 6) is -0.730. The van der Waals surface area contributed by atoms with Crippen molar-refractivity contribution in [3.8, 4) is 0 Å². The molecule has 0 spiro atoms. The van der Waals surface area contributed by atoms with Crippen LogP contribution in [0.1, 0.15) is 5.56 Å². The largest absolute Gasteiger partial charge is 0.346 e. The van der Waals surface area contributed by atoms with Crippen LogP contribution in [0.25, 0.3) is 0 Å². The predicted molar refractivity (Wildman–Crippen MR) is 104 cm³/mol. The number of aryl methyl sites for hydroxylation is 1.